The molecule has 0 spiro atoms. The van der Waals surface area contributed by atoms with Crippen LogP contribution in [0.15, 0.2) is 125 Å². The maximum atomic E-state index is 4.85. The SMILES string of the molecule is Brc1nc(Br)nc(-c2c3c(cc4c5ccccc5n(-c5ccccc5)c24)c2ccccc2n3-c2ccccc2)n1. The summed E-state index contributed by atoms with van der Waals surface area (Å²) in [6, 6.07) is 40.4. The molecular formula is C33H19Br2N5. The lowest BCUT2D eigenvalue weighted by Crippen LogP contribution is -2.02. The molecule has 0 N–H and O–H groups in total. The highest BCUT2D eigenvalue weighted by Crippen LogP contribution is 2.45. The zero-order valence-corrected chi connectivity index (χ0v) is 24.1. The normalized spacial score (nSPS) is 11.8. The van der Waals surface area contributed by atoms with Crippen LogP contribution in [0.1, 0.15) is 0 Å². The van der Waals surface area contributed by atoms with E-state index in [9.17, 15) is 0 Å². The molecular weight excluding hydrogens is 626 g/mol. The van der Waals surface area contributed by atoms with Gasteiger partial charge in [0.05, 0.1) is 27.6 Å². The van der Waals surface area contributed by atoms with Gasteiger partial charge in [0.25, 0.3) is 0 Å². The van der Waals surface area contributed by atoms with Gasteiger partial charge in [-0.2, -0.15) is 4.98 Å². The minimum Gasteiger partial charge on any atom is -0.308 e. The molecule has 0 aliphatic heterocycles. The largest absolute Gasteiger partial charge is 0.308 e. The number of hydrogen-bond acceptors (Lipinski definition) is 3. The minimum atomic E-state index is 0.472. The Morgan fingerprint density at radius 3 is 1.35 bits per heavy atom. The molecule has 190 valence electrons. The molecule has 0 atom stereocenters. The van der Waals surface area contributed by atoms with E-state index >= 15 is 0 Å². The molecule has 0 aliphatic rings. The molecule has 3 heterocycles. The topological polar surface area (TPSA) is 48.5 Å². The average molecular weight is 645 g/mol. The fourth-order valence-electron chi connectivity index (χ4n) is 5.91. The molecule has 0 aliphatic carbocycles. The third-order valence-electron chi connectivity index (χ3n) is 7.42. The van der Waals surface area contributed by atoms with Crippen molar-refractivity contribution in [2.45, 2.75) is 0 Å². The predicted octanol–water partition coefficient (Wildman–Crippen LogP) is 9.26. The summed E-state index contributed by atoms with van der Waals surface area (Å²) in [5.74, 6) is 0.587. The Labute approximate surface area is 246 Å². The summed E-state index contributed by atoms with van der Waals surface area (Å²) < 4.78 is 5.61. The van der Waals surface area contributed by atoms with E-state index in [-0.39, 0.29) is 0 Å². The standard InChI is InChI=1S/C33H19Br2N5/c34-32-36-31(37-33(35)38-32)28-29-24(22-15-7-9-17-26(22)39(29)20-11-3-1-4-12-20)19-25-23-16-8-10-18-27(23)40(30(25)28)21-13-5-2-6-14-21/h1-19H. The zero-order valence-electron chi connectivity index (χ0n) is 21.0. The molecule has 0 unspecified atom stereocenters. The number of halogens is 2. The molecule has 0 amide bonds. The Balaban J connectivity index is 1.71. The zero-order chi connectivity index (χ0) is 26.8. The Hall–Kier alpha value is -4.33. The van der Waals surface area contributed by atoms with Crippen molar-refractivity contribution in [2.75, 3.05) is 0 Å². The molecule has 7 heteroatoms. The van der Waals surface area contributed by atoms with E-state index in [0.717, 1.165) is 49.8 Å². The Bertz CT molecular complexity index is 2080. The highest BCUT2D eigenvalue weighted by atomic mass is 79.9. The fourth-order valence-corrected chi connectivity index (χ4v) is 6.82. The monoisotopic (exact) mass is 643 g/mol. The summed E-state index contributed by atoms with van der Waals surface area (Å²) in [5.41, 5.74) is 7.43. The minimum absolute atomic E-state index is 0.472. The van der Waals surface area contributed by atoms with E-state index < -0.39 is 0 Å². The van der Waals surface area contributed by atoms with Crippen molar-refractivity contribution < 1.29 is 0 Å². The van der Waals surface area contributed by atoms with Gasteiger partial charge in [0, 0.05) is 32.9 Å². The number of benzene rings is 5. The fraction of sp³-hybridized carbons (Fsp3) is 0. The molecule has 0 saturated carbocycles. The molecule has 5 aromatic carbocycles. The van der Waals surface area contributed by atoms with Crippen molar-refractivity contribution in [1.29, 1.82) is 0 Å². The smallest absolute Gasteiger partial charge is 0.201 e. The van der Waals surface area contributed by atoms with Crippen molar-refractivity contribution in [3.8, 4) is 22.8 Å². The van der Waals surface area contributed by atoms with Crippen LogP contribution in [0, 0.1) is 0 Å². The van der Waals surface area contributed by atoms with Crippen LogP contribution < -0.4 is 0 Å². The highest BCUT2D eigenvalue weighted by Gasteiger charge is 2.26. The lowest BCUT2D eigenvalue weighted by Gasteiger charge is -2.15. The van der Waals surface area contributed by atoms with Gasteiger partial charge in [-0.3, -0.25) is 0 Å². The van der Waals surface area contributed by atoms with E-state index in [4.69, 9.17) is 9.97 Å². The summed E-state index contributed by atoms with van der Waals surface area (Å²) in [7, 11) is 0. The van der Waals surface area contributed by atoms with Gasteiger partial charge in [-0.05, 0) is 74.3 Å². The molecule has 0 saturated heterocycles. The second-order valence-corrected chi connectivity index (χ2v) is 11.0. The second kappa shape index (κ2) is 9.11. The first-order valence-corrected chi connectivity index (χ1v) is 14.5. The highest BCUT2D eigenvalue weighted by molar-refractivity contribution is 9.11. The second-order valence-electron chi connectivity index (χ2n) is 9.62. The Kier molecular flexibility index (Phi) is 5.37. The quantitative estimate of drug-likeness (QED) is 0.193. The maximum Gasteiger partial charge on any atom is 0.201 e. The number of hydrogen-bond donors (Lipinski definition) is 0. The van der Waals surface area contributed by atoms with Crippen LogP contribution in [0.4, 0.5) is 0 Å². The molecule has 40 heavy (non-hydrogen) atoms. The maximum absolute atomic E-state index is 4.85. The van der Waals surface area contributed by atoms with Gasteiger partial charge in [-0.25, -0.2) is 9.97 Å². The lowest BCUT2D eigenvalue weighted by molar-refractivity contribution is 0.983. The summed E-state index contributed by atoms with van der Waals surface area (Å²) in [5, 5.41) is 4.64. The van der Waals surface area contributed by atoms with Crippen molar-refractivity contribution in [3.05, 3.63) is 125 Å². The van der Waals surface area contributed by atoms with Gasteiger partial charge in [0.1, 0.15) is 0 Å². The molecule has 3 aromatic heterocycles. The summed E-state index contributed by atoms with van der Waals surface area (Å²) in [6.07, 6.45) is 0. The first-order chi connectivity index (χ1) is 19.7. The molecule has 0 radical (unpaired) electrons. The van der Waals surface area contributed by atoms with E-state index in [2.05, 4.69) is 149 Å². The van der Waals surface area contributed by atoms with E-state index in [0.29, 0.717) is 15.3 Å². The van der Waals surface area contributed by atoms with Crippen LogP contribution in [-0.2, 0) is 0 Å². The first kappa shape index (κ1) is 23.5. The van der Waals surface area contributed by atoms with Crippen LogP contribution >= 0.6 is 31.9 Å². The van der Waals surface area contributed by atoms with Crippen LogP contribution in [0.25, 0.3) is 66.4 Å². The molecule has 0 fully saturated rings. The van der Waals surface area contributed by atoms with Gasteiger partial charge in [-0.1, -0.05) is 72.8 Å². The first-order valence-electron chi connectivity index (χ1n) is 12.9. The Morgan fingerprint density at radius 2 is 0.875 bits per heavy atom. The van der Waals surface area contributed by atoms with Crippen LogP contribution in [-0.4, -0.2) is 24.1 Å². The van der Waals surface area contributed by atoms with Gasteiger partial charge in [0.2, 0.25) is 9.47 Å². The lowest BCUT2D eigenvalue weighted by atomic mass is 10.0. The number of para-hydroxylation sites is 4. The third kappa shape index (κ3) is 3.48. The number of rotatable bonds is 3. The van der Waals surface area contributed by atoms with Crippen molar-refractivity contribution >= 4 is 75.5 Å². The van der Waals surface area contributed by atoms with Crippen molar-refractivity contribution in [2.24, 2.45) is 0 Å². The molecule has 8 rings (SSSR count). The van der Waals surface area contributed by atoms with Crippen LogP contribution in [0.5, 0.6) is 0 Å². The van der Waals surface area contributed by atoms with Crippen molar-refractivity contribution in [3.63, 3.8) is 0 Å². The number of aromatic nitrogens is 5. The van der Waals surface area contributed by atoms with E-state index in [1.165, 1.54) is 10.8 Å². The summed E-state index contributed by atoms with van der Waals surface area (Å²) in [4.78, 5) is 14.1. The van der Waals surface area contributed by atoms with E-state index in [1.807, 2.05) is 12.1 Å². The van der Waals surface area contributed by atoms with Crippen LogP contribution in [0.3, 0.4) is 0 Å². The third-order valence-corrected chi connectivity index (χ3v) is 8.13. The van der Waals surface area contributed by atoms with Crippen LogP contribution in [0.2, 0.25) is 0 Å². The predicted molar refractivity (Wildman–Crippen MR) is 169 cm³/mol. The number of nitrogens with zero attached hydrogens (tertiary/aromatic N) is 5. The van der Waals surface area contributed by atoms with Gasteiger partial charge >= 0.3 is 0 Å². The summed E-state index contributed by atoms with van der Waals surface area (Å²) >= 11 is 7.06. The molecule has 0 bridgehead atoms. The molecule has 8 aromatic rings. The molecule has 5 nitrogen and oxygen atoms in total. The van der Waals surface area contributed by atoms with Gasteiger partial charge in [0.15, 0.2) is 5.82 Å². The number of fused-ring (bicyclic) bond motifs is 6. The van der Waals surface area contributed by atoms with Gasteiger partial charge < -0.3 is 9.13 Å². The van der Waals surface area contributed by atoms with E-state index in [1.54, 1.807) is 0 Å². The van der Waals surface area contributed by atoms with Gasteiger partial charge in [-0.15, -0.1) is 0 Å². The average Bonchev–Trinajstić information content (AvgIpc) is 3.49. The summed E-state index contributed by atoms with van der Waals surface area (Å²) in [6.45, 7) is 0. The Morgan fingerprint density at radius 1 is 0.450 bits per heavy atom. The van der Waals surface area contributed by atoms with Crippen molar-refractivity contribution in [1.82, 2.24) is 24.1 Å².